The second-order valence-electron chi connectivity index (χ2n) is 4.24. The summed E-state index contributed by atoms with van der Waals surface area (Å²) in [4.78, 5) is 26.5. The van der Waals surface area contributed by atoms with E-state index >= 15 is 0 Å². The highest BCUT2D eigenvalue weighted by atomic mass is 32.1. The summed E-state index contributed by atoms with van der Waals surface area (Å²) in [6.07, 6.45) is 4.32. The number of aryl methyl sites for hydroxylation is 1. The van der Waals surface area contributed by atoms with Gasteiger partial charge >= 0.3 is 0 Å². The summed E-state index contributed by atoms with van der Waals surface area (Å²) in [6.45, 7) is 2.06. The van der Waals surface area contributed by atoms with Crippen LogP contribution in [0.3, 0.4) is 0 Å². The molecule has 2 amide bonds. The van der Waals surface area contributed by atoms with Gasteiger partial charge in [-0.05, 0) is 25.8 Å². The van der Waals surface area contributed by atoms with Crippen LogP contribution in [-0.4, -0.2) is 23.3 Å². The van der Waals surface area contributed by atoms with Gasteiger partial charge in [0.15, 0.2) is 0 Å². The monoisotopic (exact) mass is 284 g/mol. The molecular formula is C12H20N4O2S. The van der Waals surface area contributed by atoms with Gasteiger partial charge in [0.25, 0.3) is 0 Å². The molecule has 0 aliphatic heterocycles. The number of unbranched alkanes of at least 4 members (excludes halogenated alkanes) is 2. The van der Waals surface area contributed by atoms with E-state index in [0.29, 0.717) is 0 Å². The number of carbonyl (C=O) groups is 2. The number of thiazole rings is 1. The zero-order valence-electron chi connectivity index (χ0n) is 11.1. The molecule has 106 valence electrons. The predicted octanol–water partition coefficient (Wildman–Crippen LogP) is 0.524. The van der Waals surface area contributed by atoms with Gasteiger partial charge in [-0.15, -0.1) is 11.3 Å². The number of carbonyl (C=O) groups excluding carboxylic acids is 2. The lowest BCUT2D eigenvalue weighted by molar-refractivity contribution is -0.127. The Labute approximate surface area is 116 Å². The fraction of sp³-hybridized carbons (Fsp3) is 0.583. The number of hydrogen-bond donors (Lipinski definition) is 3. The topological polar surface area (TPSA) is 97.1 Å². The molecular weight excluding hydrogens is 264 g/mol. The lowest BCUT2D eigenvalue weighted by Crippen LogP contribution is -2.41. The number of hydrogen-bond acceptors (Lipinski definition) is 5. The van der Waals surface area contributed by atoms with Crippen LogP contribution in [0, 0.1) is 0 Å². The number of nitrogens with two attached hydrogens (primary N) is 1. The van der Waals surface area contributed by atoms with Crippen molar-refractivity contribution in [3.8, 4) is 0 Å². The van der Waals surface area contributed by atoms with Crippen molar-refractivity contribution in [3.63, 3.8) is 0 Å². The van der Waals surface area contributed by atoms with E-state index in [1.807, 2.05) is 5.38 Å². The highest BCUT2D eigenvalue weighted by Gasteiger charge is 2.07. The molecule has 7 heteroatoms. The van der Waals surface area contributed by atoms with E-state index in [4.69, 9.17) is 5.73 Å². The molecule has 0 saturated heterocycles. The Morgan fingerprint density at radius 1 is 1.32 bits per heavy atom. The normalized spacial score (nSPS) is 10.2. The van der Waals surface area contributed by atoms with Crippen LogP contribution in [-0.2, 0) is 22.4 Å². The molecule has 0 fully saturated rings. The Balaban J connectivity index is 2.29. The Morgan fingerprint density at radius 2 is 2.11 bits per heavy atom. The van der Waals surface area contributed by atoms with Crippen LogP contribution >= 0.6 is 11.3 Å². The third-order valence-corrected chi connectivity index (χ3v) is 3.37. The third-order valence-electron chi connectivity index (χ3n) is 2.41. The molecule has 0 aliphatic rings. The average Bonchev–Trinajstić information content (AvgIpc) is 2.80. The molecule has 4 N–H and O–H groups in total. The molecule has 0 atom stereocenters. The molecule has 1 aromatic rings. The lowest BCUT2D eigenvalue weighted by Gasteiger charge is -2.02. The maximum Gasteiger partial charge on any atom is 0.244 e. The third kappa shape index (κ3) is 6.88. The number of aromatic nitrogens is 1. The van der Waals surface area contributed by atoms with Gasteiger partial charge < -0.3 is 5.73 Å². The average molecular weight is 284 g/mol. The zero-order chi connectivity index (χ0) is 14.1. The van der Waals surface area contributed by atoms with Crippen LogP contribution in [0.2, 0.25) is 0 Å². The first-order chi connectivity index (χ1) is 9.11. The molecule has 0 aliphatic carbocycles. The van der Waals surface area contributed by atoms with Crippen molar-refractivity contribution in [1.82, 2.24) is 15.8 Å². The minimum absolute atomic E-state index is 0.180. The molecule has 0 saturated carbocycles. The van der Waals surface area contributed by atoms with Gasteiger partial charge in [-0.25, -0.2) is 4.98 Å². The van der Waals surface area contributed by atoms with Crippen LogP contribution in [0.15, 0.2) is 5.38 Å². The molecule has 0 spiro atoms. The van der Waals surface area contributed by atoms with Crippen LogP contribution in [0.25, 0.3) is 0 Å². The van der Waals surface area contributed by atoms with E-state index in [-0.39, 0.29) is 18.2 Å². The highest BCUT2D eigenvalue weighted by molar-refractivity contribution is 7.09. The number of rotatable bonds is 7. The molecule has 19 heavy (non-hydrogen) atoms. The van der Waals surface area contributed by atoms with Crippen molar-refractivity contribution in [2.24, 2.45) is 5.73 Å². The Bertz CT molecular complexity index is 420. The quantitative estimate of drug-likeness (QED) is 0.502. The Hall–Kier alpha value is -1.47. The predicted molar refractivity (Wildman–Crippen MR) is 74.4 cm³/mol. The number of amides is 2. The van der Waals surface area contributed by atoms with E-state index < -0.39 is 0 Å². The van der Waals surface area contributed by atoms with Crippen molar-refractivity contribution in [3.05, 3.63) is 16.1 Å². The maximum absolute atomic E-state index is 11.5. The summed E-state index contributed by atoms with van der Waals surface area (Å²) in [7, 11) is 0. The number of nitrogens with one attached hydrogen (secondary N) is 2. The fourth-order valence-corrected chi connectivity index (χ4v) is 2.35. The molecule has 0 aromatic carbocycles. The smallest absolute Gasteiger partial charge is 0.244 e. The van der Waals surface area contributed by atoms with Crippen molar-refractivity contribution >= 4 is 23.2 Å². The second kappa shape index (κ2) is 8.60. The number of nitrogens with zero attached hydrogens (tertiary/aromatic N) is 1. The van der Waals surface area contributed by atoms with Gasteiger partial charge in [0, 0.05) is 12.3 Å². The first-order valence-electron chi connectivity index (χ1n) is 6.30. The van der Waals surface area contributed by atoms with Crippen LogP contribution in [0.4, 0.5) is 0 Å². The first kappa shape index (κ1) is 15.6. The summed E-state index contributed by atoms with van der Waals surface area (Å²) in [5.74, 6) is -0.567. The van der Waals surface area contributed by atoms with Crippen molar-refractivity contribution in [2.75, 3.05) is 6.54 Å². The minimum atomic E-state index is -0.299. The summed E-state index contributed by atoms with van der Waals surface area (Å²) >= 11 is 1.56. The van der Waals surface area contributed by atoms with Crippen molar-refractivity contribution < 1.29 is 9.59 Å². The summed E-state index contributed by atoms with van der Waals surface area (Å²) in [5, 5.41) is 2.92. The van der Waals surface area contributed by atoms with E-state index in [2.05, 4.69) is 15.8 Å². The minimum Gasteiger partial charge on any atom is -0.330 e. The lowest BCUT2D eigenvalue weighted by atomic mass is 10.2. The van der Waals surface area contributed by atoms with E-state index in [9.17, 15) is 9.59 Å². The summed E-state index contributed by atoms with van der Waals surface area (Å²) in [5.41, 5.74) is 10.7. The highest BCUT2D eigenvalue weighted by Crippen LogP contribution is 2.13. The molecule has 0 bridgehead atoms. The second-order valence-corrected chi connectivity index (χ2v) is 5.18. The first-order valence-corrected chi connectivity index (χ1v) is 7.18. The Kier molecular flexibility index (Phi) is 7.06. The molecule has 0 unspecified atom stereocenters. The van der Waals surface area contributed by atoms with Gasteiger partial charge in [0.2, 0.25) is 11.8 Å². The van der Waals surface area contributed by atoms with Crippen LogP contribution < -0.4 is 16.6 Å². The molecule has 6 nitrogen and oxygen atoms in total. The van der Waals surface area contributed by atoms with Gasteiger partial charge in [-0.1, -0.05) is 6.42 Å². The fourth-order valence-electron chi connectivity index (χ4n) is 1.51. The molecule has 1 rings (SSSR count). The summed E-state index contributed by atoms with van der Waals surface area (Å²) in [6, 6.07) is 0. The van der Waals surface area contributed by atoms with Gasteiger partial charge in [0.1, 0.15) is 0 Å². The summed E-state index contributed by atoms with van der Waals surface area (Å²) < 4.78 is 0. The SMILES string of the molecule is CC(=O)NNC(=O)Cc1csc(CCCCCN)n1. The van der Waals surface area contributed by atoms with Gasteiger partial charge in [-0.2, -0.15) is 0 Å². The van der Waals surface area contributed by atoms with E-state index in [1.54, 1.807) is 11.3 Å². The van der Waals surface area contributed by atoms with Crippen molar-refractivity contribution in [1.29, 1.82) is 0 Å². The largest absolute Gasteiger partial charge is 0.330 e. The van der Waals surface area contributed by atoms with Gasteiger partial charge in [-0.3, -0.25) is 20.4 Å². The van der Waals surface area contributed by atoms with E-state index in [0.717, 1.165) is 42.9 Å². The zero-order valence-corrected chi connectivity index (χ0v) is 11.9. The van der Waals surface area contributed by atoms with E-state index in [1.165, 1.54) is 6.92 Å². The maximum atomic E-state index is 11.5. The molecule has 1 heterocycles. The number of hydrazine groups is 1. The van der Waals surface area contributed by atoms with Crippen LogP contribution in [0.1, 0.15) is 36.9 Å². The Morgan fingerprint density at radius 3 is 2.79 bits per heavy atom. The van der Waals surface area contributed by atoms with Crippen molar-refractivity contribution in [2.45, 2.75) is 39.0 Å². The van der Waals surface area contributed by atoms with Gasteiger partial charge in [0.05, 0.1) is 17.1 Å². The van der Waals surface area contributed by atoms with Crippen LogP contribution in [0.5, 0.6) is 0 Å². The molecule has 0 radical (unpaired) electrons. The standard InChI is InChI=1S/C12H20N4O2S/c1-9(17)15-16-11(18)7-10-8-19-12(14-10)5-3-2-4-6-13/h8H,2-7,13H2,1H3,(H,15,17)(H,16,18). The molecule has 1 aromatic heterocycles.